The third kappa shape index (κ3) is 3.58. The number of nitrogens with zero attached hydrogens (tertiary/aromatic N) is 2. The molecule has 138 valence electrons. The van der Waals surface area contributed by atoms with Crippen molar-refractivity contribution in [3.05, 3.63) is 71.2 Å². The highest BCUT2D eigenvalue weighted by molar-refractivity contribution is 6.30. The molecular weight excluding hydrogens is 360 g/mol. The second-order valence-corrected chi connectivity index (χ2v) is 7.10. The van der Waals surface area contributed by atoms with Crippen LogP contribution in [0, 0.1) is 0 Å². The van der Waals surface area contributed by atoms with Gasteiger partial charge >= 0.3 is 0 Å². The van der Waals surface area contributed by atoms with Crippen LogP contribution in [0.2, 0.25) is 5.02 Å². The van der Waals surface area contributed by atoms with Crippen molar-refractivity contribution in [3.8, 4) is 5.75 Å². The van der Waals surface area contributed by atoms with Crippen LogP contribution >= 0.6 is 11.6 Å². The molecular formula is C22H21ClN2O2. The van der Waals surface area contributed by atoms with Gasteiger partial charge in [0.1, 0.15) is 5.75 Å². The molecule has 4 nitrogen and oxygen atoms in total. The first kappa shape index (κ1) is 17.7. The summed E-state index contributed by atoms with van der Waals surface area (Å²) in [5.41, 5.74) is 1.71. The Morgan fingerprint density at radius 2 is 1.63 bits per heavy atom. The fourth-order valence-corrected chi connectivity index (χ4v) is 3.75. The van der Waals surface area contributed by atoms with Crippen molar-refractivity contribution in [2.45, 2.75) is 0 Å². The number of anilines is 1. The van der Waals surface area contributed by atoms with Crippen molar-refractivity contribution in [3.63, 3.8) is 0 Å². The Morgan fingerprint density at radius 3 is 2.30 bits per heavy atom. The molecule has 0 saturated carbocycles. The van der Waals surface area contributed by atoms with Gasteiger partial charge in [-0.25, -0.2) is 0 Å². The second kappa shape index (κ2) is 7.49. The topological polar surface area (TPSA) is 32.8 Å². The Hall–Kier alpha value is -2.72. The van der Waals surface area contributed by atoms with Gasteiger partial charge in [0.25, 0.3) is 5.91 Å². The van der Waals surface area contributed by atoms with E-state index in [0.29, 0.717) is 24.4 Å². The van der Waals surface area contributed by atoms with E-state index in [-0.39, 0.29) is 5.91 Å². The molecule has 4 rings (SSSR count). The number of ether oxygens (including phenoxy) is 1. The van der Waals surface area contributed by atoms with Gasteiger partial charge in [0.2, 0.25) is 0 Å². The maximum Gasteiger partial charge on any atom is 0.257 e. The summed E-state index contributed by atoms with van der Waals surface area (Å²) in [5, 5.41) is 2.84. The number of hydrogen-bond donors (Lipinski definition) is 0. The molecule has 3 aromatic rings. The predicted molar refractivity (Wildman–Crippen MR) is 110 cm³/mol. The minimum atomic E-state index is 0.0170. The van der Waals surface area contributed by atoms with E-state index in [2.05, 4.69) is 11.0 Å². The van der Waals surface area contributed by atoms with Crippen molar-refractivity contribution < 1.29 is 9.53 Å². The monoisotopic (exact) mass is 380 g/mol. The number of methoxy groups -OCH3 is 1. The highest BCUT2D eigenvalue weighted by Crippen LogP contribution is 2.28. The van der Waals surface area contributed by atoms with Crippen molar-refractivity contribution in [1.29, 1.82) is 0 Å². The molecule has 27 heavy (non-hydrogen) atoms. The van der Waals surface area contributed by atoms with Gasteiger partial charge in [-0.15, -0.1) is 0 Å². The normalized spacial score (nSPS) is 14.4. The predicted octanol–water partition coefficient (Wildman–Crippen LogP) is 4.46. The standard InChI is InChI=1S/C22H21ClN2O2/c1-27-21-14-17-6-3-2-5-16(17)13-20(21)22(26)25-11-9-24(10-12-25)19-8-4-7-18(23)15-19/h2-8,13-15H,9-12H2,1H3. The number of rotatable bonds is 3. The number of benzene rings is 3. The maximum atomic E-state index is 13.1. The summed E-state index contributed by atoms with van der Waals surface area (Å²) in [6.07, 6.45) is 0. The molecule has 1 saturated heterocycles. The third-order valence-corrected chi connectivity index (χ3v) is 5.27. The van der Waals surface area contributed by atoms with Gasteiger partial charge in [-0.1, -0.05) is 41.9 Å². The van der Waals surface area contributed by atoms with Crippen LogP contribution in [-0.2, 0) is 0 Å². The van der Waals surface area contributed by atoms with Crippen LogP contribution in [0.1, 0.15) is 10.4 Å². The SMILES string of the molecule is COc1cc2ccccc2cc1C(=O)N1CCN(c2cccc(Cl)c2)CC1. The van der Waals surface area contributed by atoms with Crippen LogP contribution < -0.4 is 9.64 Å². The summed E-state index contributed by atoms with van der Waals surface area (Å²) < 4.78 is 5.50. The molecule has 1 heterocycles. The van der Waals surface area contributed by atoms with E-state index in [1.807, 2.05) is 59.5 Å². The van der Waals surface area contributed by atoms with Gasteiger partial charge in [-0.05, 0) is 41.1 Å². The van der Waals surface area contributed by atoms with Gasteiger partial charge in [0.15, 0.2) is 0 Å². The van der Waals surface area contributed by atoms with E-state index in [4.69, 9.17) is 16.3 Å². The average Bonchev–Trinajstić information content (AvgIpc) is 2.72. The van der Waals surface area contributed by atoms with Crippen molar-refractivity contribution in [2.24, 2.45) is 0 Å². The van der Waals surface area contributed by atoms with Crippen molar-refractivity contribution >= 4 is 34.0 Å². The summed E-state index contributed by atoms with van der Waals surface area (Å²) in [5.74, 6) is 0.638. The Kier molecular flexibility index (Phi) is 4.90. The van der Waals surface area contributed by atoms with Crippen LogP contribution in [-0.4, -0.2) is 44.1 Å². The fourth-order valence-electron chi connectivity index (χ4n) is 3.57. The molecule has 0 aliphatic carbocycles. The first-order valence-electron chi connectivity index (χ1n) is 9.02. The number of hydrogen-bond acceptors (Lipinski definition) is 3. The van der Waals surface area contributed by atoms with Crippen molar-refractivity contribution in [2.75, 3.05) is 38.2 Å². The summed E-state index contributed by atoms with van der Waals surface area (Å²) in [4.78, 5) is 17.3. The van der Waals surface area contributed by atoms with E-state index >= 15 is 0 Å². The molecule has 0 N–H and O–H groups in total. The van der Waals surface area contributed by atoms with E-state index in [0.717, 1.165) is 34.6 Å². The highest BCUT2D eigenvalue weighted by atomic mass is 35.5. The van der Waals surface area contributed by atoms with Crippen LogP contribution in [0.4, 0.5) is 5.69 Å². The number of fused-ring (bicyclic) bond motifs is 1. The second-order valence-electron chi connectivity index (χ2n) is 6.66. The molecule has 1 amide bonds. The van der Waals surface area contributed by atoms with Gasteiger partial charge in [0.05, 0.1) is 12.7 Å². The first-order valence-corrected chi connectivity index (χ1v) is 9.40. The minimum absolute atomic E-state index is 0.0170. The largest absolute Gasteiger partial charge is 0.496 e. The molecule has 1 aliphatic heterocycles. The number of carbonyl (C=O) groups is 1. The first-order chi connectivity index (χ1) is 13.2. The average molecular weight is 381 g/mol. The van der Waals surface area contributed by atoms with E-state index in [9.17, 15) is 4.79 Å². The zero-order chi connectivity index (χ0) is 18.8. The summed E-state index contributed by atoms with van der Waals surface area (Å²) in [6.45, 7) is 2.90. The lowest BCUT2D eigenvalue weighted by Gasteiger charge is -2.36. The Labute approximate surface area is 163 Å². The Bertz CT molecular complexity index is 981. The van der Waals surface area contributed by atoms with Gasteiger partial charge in [-0.3, -0.25) is 4.79 Å². The number of piperazine rings is 1. The Balaban J connectivity index is 1.53. The molecule has 1 aliphatic rings. The number of amides is 1. The van der Waals surface area contributed by atoms with Crippen LogP contribution in [0.25, 0.3) is 10.8 Å². The molecule has 0 unspecified atom stereocenters. The lowest BCUT2D eigenvalue weighted by atomic mass is 10.0. The van der Waals surface area contributed by atoms with Crippen LogP contribution in [0.5, 0.6) is 5.75 Å². The number of carbonyl (C=O) groups excluding carboxylic acids is 1. The summed E-state index contributed by atoms with van der Waals surface area (Å²) in [6, 6.07) is 19.7. The molecule has 0 atom stereocenters. The molecule has 0 spiro atoms. The molecule has 0 radical (unpaired) electrons. The third-order valence-electron chi connectivity index (χ3n) is 5.04. The van der Waals surface area contributed by atoms with E-state index in [1.165, 1.54) is 0 Å². The lowest BCUT2D eigenvalue weighted by Crippen LogP contribution is -2.48. The fraction of sp³-hybridized carbons (Fsp3) is 0.227. The van der Waals surface area contributed by atoms with Gasteiger partial charge in [0, 0.05) is 36.9 Å². The minimum Gasteiger partial charge on any atom is -0.496 e. The molecule has 1 fully saturated rings. The smallest absolute Gasteiger partial charge is 0.257 e. The highest BCUT2D eigenvalue weighted by Gasteiger charge is 2.25. The lowest BCUT2D eigenvalue weighted by molar-refractivity contribution is 0.0743. The number of halogens is 1. The van der Waals surface area contributed by atoms with Crippen LogP contribution in [0.3, 0.4) is 0 Å². The molecule has 0 bridgehead atoms. The van der Waals surface area contributed by atoms with Crippen LogP contribution in [0.15, 0.2) is 60.7 Å². The Morgan fingerprint density at radius 1 is 0.926 bits per heavy atom. The zero-order valence-electron chi connectivity index (χ0n) is 15.2. The van der Waals surface area contributed by atoms with Gasteiger partial charge in [-0.2, -0.15) is 0 Å². The quantitative estimate of drug-likeness (QED) is 0.672. The van der Waals surface area contributed by atoms with Gasteiger partial charge < -0.3 is 14.5 Å². The molecule has 3 aromatic carbocycles. The molecule has 0 aromatic heterocycles. The summed E-state index contributed by atoms with van der Waals surface area (Å²) >= 11 is 6.10. The van der Waals surface area contributed by atoms with E-state index in [1.54, 1.807) is 7.11 Å². The molecule has 5 heteroatoms. The zero-order valence-corrected chi connectivity index (χ0v) is 15.9. The summed E-state index contributed by atoms with van der Waals surface area (Å²) in [7, 11) is 1.61. The maximum absolute atomic E-state index is 13.1. The van der Waals surface area contributed by atoms with Crippen molar-refractivity contribution in [1.82, 2.24) is 4.90 Å². The van der Waals surface area contributed by atoms with E-state index < -0.39 is 0 Å².